The van der Waals surface area contributed by atoms with Crippen molar-refractivity contribution in [1.82, 2.24) is 0 Å². The largest absolute Gasteiger partial charge is 0.469 e. The Bertz CT molecular complexity index is 341. The molecule has 1 aromatic carbocycles. The Morgan fingerprint density at radius 3 is 2.44 bits per heavy atom. The molecule has 0 aliphatic heterocycles. The van der Waals surface area contributed by atoms with Crippen molar-refractivity contribution in [2.45, 2.75) is 26.0 Å². The zero-order valence-corrected chi connectivity index (χ0v) is 10.9. The summed E-state index contributed by atoms with van der Waals surface area (Å²) in [6, 6.07) is 6.55. The van der Waals surface area contributed by atoms with Gasteiger partial charge in [-0.1, -0.05) is 29.3 Å². The highest BCUT2D eigenvalue weighted by Crippen LogP contribution is 2.16. The van der Waals surface area contributed by atoms with E-state index in [2.05, 4.69) is 36.8 Å². The molecular formula is C13H18O2S. The van der Waals surface area contributed by atoms with Crippen LogP contribution in [0.15, 0.2) is 18.2 Å². The summed E-state index contributed by atoms with van der Waals surface area (Å²) in [5.74, 6) is 1.65. The highest BCUT2D eigenvalue weighted by molar-refractivity contribution is 7.98. The maximum Gasteiger partial charge on any atom is 0.306 e. The van der Waals surface area contributed by atoms with E-state index in [0.717, 1.165) is 11.5 Å². The van der Waals surface area contributed by atoms with Gasteiger partial charge in [0.1, 0.15) is 0 Å². The Balaban J connectivity index is 2.34. The third-order valence-corrected chi connectivity index (χ3v) is 3.26. The summed E-state index contributed by atoms with van der Waals surface area (Å²) in [6.45, 7) is 4.21. The normalized spacial score (nSPS) is 10.2. The first-order valence-electron chi connectivity index (χ1n) is 5.33. The van der Waals surface area contributed by atoms with Gasteiger partial charge in [-0.2, -0.15) is 11.8 Å². The molecule has 2 nitrogen and oxygen atoms in total. The van der Waals surface area contributed by atoms with Gasteiger partial charge in [-0.3, -0.25) is 4.79 Å². The van der Waals surface area contributed by atoms with E-state index in [1.807, 2.05) is 0 Å². The summed E-state index contributed by atoms with van der Waals surface area (Å²) in [5.41, 5.74) is 3.92. The molecule has 0 N–H and O–H groups in total. The van der Waals surface area contributed by atoms with E-state index >= 15 is 0 Å². The van der Waals surface area contributed by atoms with Crippen molar-refractivity contribution in [1.29, 1.82) is 0 Å². The Morgan fingerprint density at radius 1 is 1.25 bits per heavy atom. The van der Waals surface area contributed by atoms with Gasteiger partial charge in [0.25, 0.3) is 0 Å². The predicted octanol–water partition coefficient (Wildman–Crippen LogP) is 3.10. The molecular weight excluding hydrogens is 220 g/mol. The molecule has 3 heteroatoms. The summed E-state index contributed by atoms with van der Waals surface area (Å²) < 4.78 is 4.59. The van der Waals surface area contributed by atoms with Gasteiger partial charge in [0.2, 0.25) is 0 Å². The average Bonchev–Trinajstić information content (AvgIpc) is 2.22. The van der Waals surface area contributed by atoms with Crippen LogP contribution < -0.4 is 0 Å². The minimum absolute atomic E-state index is 0.132. The lowest BCUT2D eigenvalue weighted by Crippen LogP contribution is -2.01. The van der Waals surface area contributed by atoms with Crippen molar-refractivity contribution in [2.24, 2.45) is 0 Å². The molecule has 0 aromatic heterocycles. The average molecular weight is 238 g/mol. The van der Waals surface area contributed by atoms with Gasteiger partial charge in [0.05, 0.1) is 13.5 Å². The second-order valence-corrected chi connectivity index (χ2v) is 4.98. The lowest BCUT2D eigenvalue weighted by Gasteiger charge is -2.04. The third-order valence-electron chi connectivity index (χ3n) is 2.23. The number of rotatable bonds is 5. The Labute approximate surface area is 101 Å². The van der Waals surface area contributed by atoms with E-state index in [1.54, 1.807) is 11.8 Å². The fourth-order valence-electron chi connectivity index (χ4n) is 1.60. The van der Waals surface area contributed by atoms with Crippen LogP contribution in [0.4, 0.5) is 0 Å². The minimum Gasteiger partial charge on any atom is -0.469 e. The molecule has 0 amide bonds. The van der Waals surface area contributed by atoms with Crippen molar-refractivity contribution < 1.29 is 9.53 Å². The van der Waals surface area contributed by atoms with E-state index in [1.165, 1.54) is 23.8 Å². The molecule has 1 aromatic rings. The number of hydrogen-bond acceptors (Lipinski definition) is 3. The Morgan fingerprint density at radius 2 is 1.88 bits per heavy atom. The summed E-state index contributed by atoms with van der Waals surface area (Å²) >= 11 is 1.77. The van der Waals surface area contributed by atoms with Crippen molar-refractivity contribution >= 4 is 17.7 Å². The molecule has 0 atom stereocenters. The number of carbonyl (C=O) groups excluding carboxylic acids is 1. The van der Waals surface area contributed by atoms with Crippen molar-refractivity contribution in [3.8, 4) is 0 Å². The maximum atomic E-state index is 10.9. The Hall–Kier alpha value is -0.960. The van der Waals surface area contributed by atoms with Gasteiger partial charge in [-0.25, -0.2) is 0 Å². The number of methoxy groups -OCH3 is 1. The first-order valence-corrected chi connectivity index (χ1v) is 6.49. The SMILES string of the molecule is COC(=O)CCSCc1cc(C)cc(C)c1. The van der Waals surface area contributed by atoms with Crippen LogP contribution in [0.5, 0.6) is 0 Å². The molecule has 16 heavy (non-hydrogen) atoms. The topological polar surface area (TPSA) is 26.3 Å². The second kappa shape index (κ2) is 6.59. The van der Waals surface area contributed by atoms with E-state index in [4.69, 9.17) is 0 Å². The molecule has 0 aliphatic rings. The zero-order chi connectivity index (χ0) is 12.0. The molecule has 0 radical (unpaired) electrons. The van der Waals surface area contributed by atoms with Gasteiger partial charge in [-0.05, 0) is 19.4 Å². The van der Waals surface area contributed by atoms with Crippen molar-refractivity contribution in [2.75, 3.05) is 12.9 Å². The van der Waals surface area contributed by atoms with Crippen LogP contribution >= 0.6 is 11.8 Å². The Kier molecular flexibility index (Phi) is 5.39. The first kappa shape index (κ1) is 13.1. The van der Waals surface area contributed by atoms with E-state index in [0.29, 0.717) is 6.42 Å². The van der Waals surface area contributed by atoms with Gasteiger partial charge in [-0.15, -0.1) is 0 Å². The number of thioether (sulfide) groups is 1. The second-order valence-electron chi connectivity index (χ2n) is 3.87. The summed E-state index contributed by atoms with van der Waals surface area (Å²) in [7, 11) is 1.43. The van der Waals surface area contributed by atoms with Gasteiger partial charge in [0, 0.05) is 11.5 Å². The van der Waals surface area contributed by atoms with E-state index in [-0.39, 0.29) is 5.97 Å². The summed E-state index contributed by atoms with van der Waals surface area (Å²) in [5, 5.41) is 0. The number of hydrogen-bond donors (Lipinski definition) is 0. The monoisotopic (exact) mass is 238 g/mol. The summed E-state index contributed by atoms with van der Waals surface area (Å²) in [6.07, 6.45) is 0.492. The first-order chi connectivity index (χ1) is 7.61. The van der Waals surface area contributed by atoms with Crippen LogP contribution in [-0.2, 0) is 15.3 Å². The number of benzene rings is 1. The molecule has 0 saturated carbocycles. The smallest absolute Gasteiger partial charge is 0.306 e. The standard InChI is InChI=1S/C13H18O2S/c1-10-6-11(2)8-12(7-10)9-16-5-4-13(14)15-3/h6-8H,4-5,9H2,1-3H3. The van der Waals surface area contributed by atoms with Crippen LogP contribution in [-0.4, -0.2) is 18.8 Å². The summed E-state index contributed by atoms with van der Waals surface area (Å²) in [4.78, 5) is 10.9. The van der Waals surface area contributed by atoms with Gasteiger partial charge >= 0.3 is 5.97 Å². The molecule has 1 rings (SSSR count). The molecule has 0 aliphatic carbocycles. The van der Waals surface area contributed by atoms with Crippen LogP contribution in [0.3, 0.4) is 0 Å². The van der Waals surface area contributed by atoms with Crippen LogP contribution in [0, 0.1) is 13.8 Å². The number of esters is 1. The lowest BCUT2D eigenvalue weighted by molar-refractivity contribution is -0.140. The molecule has 0 saturated heterocycles. The molecule has 0 fully saturated rings. The highest BCUT2D eigenvalue weighted by atomic mass is 32.2. The lowest BCUT2D eigenvalue weighted by atomic mass is 10.1. The van der Waals surface area contributed by atoms with E-state index < -0.39 is 0 Å². The zero-order valence-electron chi connectivity index (χ0n) is 10.1. The van der Waals surface area contributed by atoms with Gasteiger partial charge < -0.3 is 4.74 Å². The maximum absolute atomic E-state index is 10.9. The number of carbonyl (C=O) groups is 1. The van der Waals surface area contributed by atoms with E-state index in [9.17, 15) is 4.79 Å². The fourth-order valence-corrected chi connectivity index (χ4v) is 2.46. The molecule has 0 bridgehead atoms. The molecule has 88 valence electrons. The van der Waals surface area contributed by atoms with Crippen molar-refractivity contribution in [3.05, 3.63) is 34.9 Å². The molecule has 0 spiro atoms. The van der Waals surface area contributed by atoms with Crippen LogP contribution in [0.1, 0.15) is 23.1 Å². The number of aryl methyl sites for hydroxylation is 2. The van der Waals surface area contributed by atoms with Crippen LogP contribution in [0.2, 0.25) is 0 Å². The molecule has 0 unspecified atom stereocenters. The van der Waals surface area contributed by atoms with Crippen LogP contribution in [0.25, 0.3) is 0 Å². The third kappa shape index (κ3) is 4.71. The minimum atomic E-state index is -0.132. The van der Waals surface area contributed by atoms with Gasteiger partial charge in [0.15, 0.2) is 0 Å². The fraction of sp³-hybridized carbons (Fsp3) is 0.462. The quantitative estimate of drug-likeness (QED) is 0.582. The predicted molar refractivity (Wildman–Crippen MR) is 68.7 cm³/mol. The highest BCUT2D eigenvalue weighted by Gasteiger charge is 2.01. The van der Waals surface area contributed by atoms with Crippen molar-refractivity contribution in [3.63, 3.8) is 0 Å². The molecule has 0 heterocycles. The number of ether oxygens (including phenoxy) is 1.